The number of rotatable bonds is 7. The first-order valence-corrected chi connectivity index (χ1v) is 6.76. The number of hydrogen-bond donors (Lipinski definition) is 0. The third kappa shape index (κ3) is 7.21. The molecule has 0 aromatic rings. The van der Waals surface area contributed by atoms with E-state index in [9.17, 15) is 4.79 Å². The largest absolute Gasteiger partial charge is 0.444 e. The molecule has 20 heavy (non-hydrogen) atoms. The molecule has 0 aliphatic carbocycles. The van der Waals surface area contributed by atoms with E-state index in [1.165, 1.54) is 0 Å². The maximum Gasteiger partial charge on any atom is 0.410 e. The molecule has 0 spiro atoms. The van der Waals surface area contributed by atoms with Crippen LogP contribution < -0.4 is 0 Å². The Balaban J connectivity index is 4.60. The van der Waals surface area contributed by atoms with Gasteiger partial charge in [0.05, 0.1) is 12.6 Å². The molecule has 0 saturated heterocycles. The van der Waals surface area contributed by atoms with E-state index >= 15 is 0 Å². The van der Waals surface area contributed by atoms with Gasteiger partial charge in [0.15, 0.2) is 0 Å². The van der Waals surface area contributed by atoms with E-state index in [0.717, 1.165) is 0 Å². The summed E-state index contributed by atoms with van der Waals surface area (Å²) in [5.41, 5.74) is 7.84. The van der Waals surface area contributed by atoms with Crippen molar-refractivity contribution >= 4 is 6.09 Å². The van der Waals surface area contributed by atoms with Gasteiger partial charge in [-0.1, -0.05) is 12.0 Å². The maximum atomic E-state index is 12.0. The lowest BCUT2D eigenvalue weighted by Crippen LogP contribution is -2.42. The molecule has 1 amide bonds. The smallest absolute Gasteiger partial charge is 0.410 e. The molecule has 0 bridgehead atoms. The molecule has 0 radical (unpaired) electrons. The van der Waals surface area contributed by atoms with Crippen LogP contribution in [0.1, 0.15) is 34.6 Å². The molecule has 0 rings (SSSR count). The summed E-state index contributed by atoms with van der Waals surface area (Å²) < 4.78 is 10.6. The van der Waals surface area contributed by atoms with Crippen molar-refractivity contribution < 1.29 is 14.3 Å². The molecule has 0 N–H and O–H groups in total. The topological polar surface area (TPSA) is 87.5 Å². The van der Waals surface area contributed by atoms with Gasteiger partial charge >= 0.3 is 6.09 Å². The summed E-state index contributed by atoms with van der Waals surface area (Å²) in [7, 11) is 1.57. The van der Waals surface area contributed by atoms with Crippen molar-refractivity contribution in [1.29, 1.82) is 0 Å². The van der Waals surface area contributed by atoms with Gasteiger partial charge in [-0.2, -0.15) is 0 Å². The zero-order chi connectivity index (χ0) is 15.8. The first kappa shape index (κ1) is 18.5. The Hall–Kier alpha value is -1.46. The fourth-order valence-corrected chi connectivity index (χ4v) is 1.73. The molecule has 0 heterocycles. The molecule has 0 aliphatic heterocycles. The number of carbonyl (C=O) groups excluding carboxylic acids is 1. The highest BCUT2D eigenvalue weighted by atomic mass is 16.6. The average Bonchev–Trinajstić information content (AvgIpc) is 2.34. The van der Waals surface area contributed by atoms with E-state index in [1.54, 1.807) is 12.0 Å². The zero-order valence-corrected chi connectivity index (χ0v) is 13.3. The van der Waals surface area contributed by atoms with Crippen LogP contribution in [0.15, 0.2) is 5.11 Å². The standard InChI is InChI=1S/C13H26N4O3/c1-7-17(12(18)20-13(3,4)5)9-10(2)11(19-6)8-15-16-14/h10-11H,7-9H2,1-6H3/t10?,11-/m0/s1. The fourth-order valence-electron chi connectivity index (χ4n) is 1.73. The molecule has 0 fully saturated rings. The fraction of sp³-hybridized carbons (Fsp3) is 0.923. The highest BCUT2D eigenvalue weighted by Gasteiger charge is 2.25. The van der Waals surface area contributed by atoms with E-state index in [2.05, 4.69) is 10.0 Å². The molecule has 7 nitrogen and oxygen atoms in total. The van der Waals surface area contributed by atoms with Crippen molar-refractivity contribution in [3.05, 3.63) is 10.4 Å². The van der Waals surface area contributed by atoms with E-state index in [-0.39, 0.29) is 24.7 Å². The van der Waals surface area contributed by atoms with E-state index < -0.39 is 5.60 Å². The summed E-state index contributed by atoms with van der Waals surface area (Å²) >= 11 is 0. The van der Waals surface area contributed by atoms with Crippen molar-refractivity contribution in [3.8, 4) is 0 Å². The second-order valence-electron chi connectivity index (χ2n) is 5.68. The van der Waals surface area contributed by atoms with Gasteiger partial charge in [0, 0.05) is 31.0 Å². The minimum atomic E-state index is -0.514. The van der Waals surface area contributed by atoms with Gasteiger partial charge in [-0.25, -0.2) is 4.79 Å². The Bertz CT molecular complexity index is 348. The Labute approximate surface area is 120 Å². The van der Waals surface area contributed by atoms with Crippen LogP contribution in [0, 0.1) is 5.92 Å². The minimum Gasteiger partial charge on any atom is -0.444 e. The van der Waals surface area contributed by atoms with Crippen molar-refractivity contribution in [2.45, 2.75) is 46.3 Å². The Morgan fingerprint density at radius 3 is 2.45 bits per heavy atom. The average molecular weight is 286 g/mol. The zero-order valence-electron chi connectivity index (χ0n) is 13.3. The van der Waals surface area contributed by atoms with Crippen molar-refractivity contribution in [2.75, 3.05) is 26.7 Å². The number of carbonyl (C=O) groups is 1. The second-order valence-corrected chi connectivity index (χ2v) is 5.68. The van der Waals surface area contributed by atoms with Crippen LogP contribution in [-0.4, -0.2) is 49.4 Å². The summed E-state index contributed by atoms with van der Waals surface area (Å²) in [6.07, 6.45) is -0.562. The van der Waals surface area contributed by atoms with E-state index in [0.29, 0.717) is 13.1 Å². The number of hydrogen-bond acceptors (Lipinski definition) is 4. The summed E-state index contributed by atoms with van der Waals surface area (Å²) in [6.45, 7) is 10.6. The lowest BCUT2D eigenvalue weighted by atomic mass is 10.0. The molecule has 7 heteroatoms. The van der Waals surface area contributed by atoms with Crippen molar-refractivity contribution in [2.24, 2.45) is 11.0 Å². The summed E-state index contributed by atoms with van der Waals surface area (Å²) in [5, 5.41) is 3.52. The molecular formula is C13H26N4O3. The van der Waals surface area contributed by atoms with E-state index in [1.807, 2.05) is 34.6 Å². The van der Waals surface area contributed by atoms with Crippen LogP contribution in [0.3, 0.4) is 0 Å². The van der Waals surface area contributed by atoms with Gasteiger partial charge in [0.25, 0.3) is 0 Å². The molecule has 0 aromatic heterocycles. The van der Waals surface area contributed by atoms with Crippen molar-refractivity contribution in [3.63, 3.8) is 0 Å². The van der Waals surface area contributed by atoms with Gasteiger partial charge in [0.1, 0.15) is 5.60 Å². The highest BCUT2D eigenvalue weighted by molar-refractivity contribution is 5.68. The van der Waals surface area contributed by atoms with Gasteiger partial charge in [-0.05, 0) is 33.2 Å². The third-order valence-corrected chi connectivity index (χ3v) is 2.80. The van der Waals surface area contributed by atoms with E-state index in [4.69, 9.17) is 15.0 Å². The van der Waals surface area contributed by atoms with Crippen LogP contribution >= 0.6 is 0 Å². The number of methoxy groups -OCH3 is 1. The third-order valence-electron chi connectivity index (χ3n) is 2.80. The molecule has 2 atom stereocenters. The molecule has 0 aliphatic rings. The molecule has 0 aromatic carbocycles. The monoisotopic (exact) mass is 286 g/mol. The molecule has 116 valence electrons. The Kier molecular flexibility index (Phi) is 8.03. The van der Waals surface area contributed by atoms with Gasteiger partial charge < -0.3 is 14.4 Å². The lowest BCUT2D eigenvalue weighted by molar-refractivity contribution is 0.0115. The van der Waals surface area contributed by atoms with Gasteiger partial charge in [-0.3, -0.25) is 0 Å². The first-order chi connectivity index (χ1) is 9.25. The maximum absolute atomic E-state index is 12.0. The molecule has 1 unspecified atom stereocenters. The van der Waals surface area contributed by atoms with Crippen molar-refractivity contribution in [1.82, 2.24) is 4.90 Å². The highest BCUT2D eigenvalue weighted by Crippen LogP contribution is 2.14. The Morgan fingerprint density at radius 1 is 1.45 bits per heavy atom. The summed E-state index contributed by atoms with van der Waals surface area (Å²) in [4.78, 5) is 16.4. The van der Waals surface area contributed by atoms with Crippen LogP contribution in [0.25, 0.3) is 10.4 Å². The minimum absolute atomic E-state index is 0.0398. The molecular weight excluding hydrogens is 260 g/mol. The lowest BCUT2D eigenvalue weighted by Gasteiger charge is -2.30. The van der Waals surface area contributed by atoms with Gasteiger partial charge in [0.2, 0.25) is 0 Å². The Morgan fingerprint density at radius 2 is 2.05 bits per heavy atom. The number of ether oxygens (including phenoxy) is 2. The number of amides is 1. The van der Waals surface area contributed by atoms with Crippen LogP contribution in [0.2, 0.25) is 0 Å². The number of azide groups is 1. The quantitative estimate of drug-likeness (QED) is 0.409. The van der Waals surface area contributed by atoms with Crippen LogP contribution in [0.4, 0.5) is 4.79 Å². The first-order valence-electron chi connectivity index (χ1n) is 6.76. The predicted octanol–water partition coefficient (Wildman–Crippen LogP) is 3.20. The van der Waals surface area contributed by atoms with Gasteiger partial charge in [-0.15, -0.1) is 0 Å². The second kappa shape index (κ2) is 8.66. The SMILES string of the molecule is CCN(CC(C)[C@H](CN=[N+]=[N-])OC)C(=O)OC(C)(C)C. The van der Waals surface area contributed by atoms with Crippen LogP contribution in [-0.2, 0) is 9.47 Å². The summed E-state index contributed by atoms with van der Waals surface area (Å²) in [6, 6.07) is 0. The number of nitrogens with zero attached hydrogens (tertiary/aromatic N) is 4. The normalized spacial score (nSPS) is 14.1. The summed E-state index contributed by atoms with van der Waals surface area (Å²) in [5.74, 6) is 0.0398. The molecule has 0 saturated carbocycles. The van der Waals surface area contributed by atoms with Crippen LogP contribution in [0.5, 0.6) is 0 Å². The predicted molar refractivity (Wildman–Crippen MR) is 77.5 cm³/mol.